The number of imidazole rings is 1. The Morgan fingerprint density at radius 2 is 2.10 bits per heavy atom. The van der Waals surface area contributed by atoms with Gasteiger partial charge in [-0.15, -0.1) is 0 Å². The number of rotatable bonds is 3. The van der Waals surface area contributed by atoms with Gasteiger partial charge >= 0.3 is 0 Å². The van der Waals surface area contributed by atoms with Crippen LogP contribution in [0.1, 0.15) is 44.3 Å². The Balaban J connectivity index is 2.12. The van der Waals surface area contributed by atoms with Gasteiger partial charge in [-0.2, -0.15) is 0 Å². The summed E-state index contributed by atoms with van der Waals surface area (Å²) in [4.78, 5) is 4.88. The normalized spacial score (nSPS) is 15.8. The maximum atomic E-state index is 6.37. The Bertz CT molecular complexity index is 660. The molecule has 0 bridgehead atoms. The monoisotopic (exact) mass is 367 g/mol. The van der Waals surface area contributed by atoms with Gasteiger partial charge in [-0.05, 0) is 38.0 Å². The number of halogens is 2. The predicted octanol–water partition coefficient (Wildman–Crippen LogP) is 5.23. The van der Waals surface area contributed by atoms with E-state index < -0.39 is 0 Å². The second kappa shape index (κ2) is 6.01. The second-order valence-electron chi connectivity index (χ2n) is 5.55. The molecular weight excluding hydrogens is 350 g/mol. The van der Waals surface area contributed by atoms with Crippen LogP contribution in [0.4, 0.5) is 5.82 Å². The van der Waals surface area contributed by atoms with Crippen LogP contribution in [0.3, 0.4) is 0 Å². The van der Waals surface area contributed by atoms with Gasteiger partial charge in [0.2, 0.25) is 0 Å². The Labute approximate surface area is 138 Å². The van der Waals surface area contributed by atoms with Gasteiger partial charge in [-0.25, -0.2) is 4.98 Å². The number of nitrogens with two attached hydrogens (primary N) is 1. The predicted molar refractivity (Wildman–Crippen MR) is 91.7 cm³/mol. The molecule has 1 heterocycles. The van der Waals surface area contributed by atoms with Crippen LogP contribution in [0.2, 0.25) is 5.02 Å². The lowest BCUT2D eigenvalue weighted by molar-refractivity contribution is 0.604. The summed E-state index contributed by atoms with van der Waals surface area (Å²) >= 11 is 9.71. The van der Waals surface area contributed by atoms with Gasteiger partial charge < -0.3 is 10.3 Å². The molecule has 5 heteroatoms. The summed E-state index contributed by atoms with van der Waals surface area (Å²) in [6, 6.07) is 5.72. The third kappa shape index (κ3) is 2.71. The molecule has 1 saturated carbocycles. The van der Waals surface area contributed by atoms with Crippen molar-refractivity contribution < 1.29 is 0 Å². The van der Waals surface area contributed by atoms with Gasteiger partial charge in [0.15, 0.2) is 0 Å². The number of aromatic nitrogens is 2. The van der Waals surface area contributed by atoms with Gasteiger partial charge in [0.1, 0.15) is 17.3 Å². The number of anilines is 1. The van der Waals surface area contributed by atoms with Crippen molar-refractivity contribution in [3.05, 3.63) is 33.5 Å². The highest BCUT2D eigenvalue weighted by atomic mass is 79.9. The molecule has 112 valence electrons. The fourth-order valence-electron chi connectivity index (χ4n) is 3.19. The van der Waals surface area contributed by atoms with E-state index in [1.54, 1.807) is 0 Å². The van der Waals surface area contributed by atoms with E-state index in [0.717, 1.165) is 33.9 Å². The number of nitrogen functional groups attached to an aromatic ring is 1. The molecule has 1 aliphatic rings. The molecule has 0 atom stereocenters. The molecule has 1 aromatic heterocycles. The van der Waals surface area contributed by atoms with Gasteiger partial charge in [-0.3, -0.25) is 0 Å². The molecule has 0 aliphatic heterocycles. The standard InChI is InChI=1S/C16H19BrClN3/c1-2-21-15(19)14(12-9-11(18)7-8-13(12)17)20-16(21)10-5-3-4-6-10/h7-10H,2-6,19H2,1H3. The molecule has 3 rings (SSSR count). The van der Waals surface area contributed by atoms with Crippen LogP contribution in [0.25, 0.3) is 11.3 Å². The first kappa shape index (κ1) is 14.9. The first-order valence-electron chi connectivity index (χ1n) is 7.43. The summed E-state index contributed by atoms with van der Waals surface area (Å²) in [7, 11) is 0. The molecule has 0 saturated heterocycles. The van der Waals surface area contributed by atoms with Gasteiger partial charge in [0, 0.05) is 27.5 Å². The van der Waals surface area contributed by atoms with Crippen molar-refractivity contribution >= 4 is 33.3 Å². The van der Waals surface area contributed by atoms with Crippen molar-refractivity contribution in [2.45, 2.75) is 45.1 Å². The van der Waals surface area contributed by atoms with Gasteiger partial charge in [0.25, 0.3) is 0 Å². The largest absolute Gasteiger partial charge is 0.383 e. The fraction of sp³-hybridized carbons (Fsp3) is 0.438. The molecular formula is C16H19BrClN3. The average molecular weight is 369 g/mol. The zero-order chi connectivity index (χ0) is 15.0. The van der Waals surface area contributed by atoms with Crippen LogP contribution in [-0.2, 0) is 6.54 Å². The van der Waals surface area contributed by atoms with Crippen LogP contribution >= 0.6 is 27.5 Å². The minimum absolute atomic E-state index is 0.541. The summed E-state index contributed by atoms with van der Waals surface area (Å²) in [5.41, 5.74) is 8.17. The molecule has 1 aromatic carbocycles. The van der Waals surface area contributed by atoms with Crippen molar-refractivity contribution in [2.75, 3.05) is 5.73 Å². The first-order chi connectivity index (χ1) is 10.1. The SMILES string of the molecule is CCn1c(C2CCCC2)nc(-c2cc(Cl)ccc2Br)c1N. The highest BCUT2D eigenvalue weighted by Crippen LogP contribution is 2.39. The third-order valence-corrected chi connectivity index (χ3v) is 5.18. The molecule has 2 N–H and O–H groups in total. The van der Waals surface area contributed by atoms with E-state index in [0.29, 0.717) is 10.9 Å². The van der Waals surface area contributed by atoms with E-state index in [1.807, 2.05) is 18.2 Å². The van der Waals surface area contributed by atoms with E-state index in [2.05, 4.69) is 27.4 Å². The lowest BCUT2D eigenvalue weighted by Crippen LogP contribution is -2.08. The molecule has 0 amide bonds. The van der Waals surface area contributed by atoms with Gasteiger partial charge in [-0.1, -0.05) is 40.4 Å². The van der Waals surface area contributed by atoms with E-state index in [4.69, 9.17) is 22.3 Å². The van der Waals surface area contributed by atoms with E-state index in [1.165, 1.54) is 25.7 Å². The van der Waals surface area contributed by atoms with E-state index in [9.17, 15) is 0 Å². The van der Waals surface area contributed by atoms with Crippen molar-refractivity contribution in [3.8, 4) is 11.3 Å². The lowest BCUT2D eigenvalue weighted by Gasteiger charge is -2.11. The molecule has 0 spiro atoms. The lowest BCUT2D eigenvalue weighted by atomic mass is 10.1. The van der Waals surface area contributed by atoms with Crippen LogP contribution in [-0.4, -0.2) is 9.55 Å². The van der Waals surface area contributed by atoms with Crippen LogP contribution in [0.5, 0.6) is 0 Å². The highest BCUT2D eigenvalue weighted by molar-refractivity contribution is 9.10. The Hall–Kier alpha value is -1.00. The zero-order valence-corrected chi connectivity index (χ0v) is 14.4. The molecule has 1 fully saturated rings. The summed E-state index contributed by atoms with van der Waals surface area (Å²) in [5.74, 6) is 2.41. The van der Waals surface area contributed by atoms with Crippen LogP contribution in [0.15, 0.2) is 22.7 Å². The van der Waals surface area contributed by atoms with Crippen molar-refractivity contribution in [1.82, 2.24) is 9.55 Å². The smallest absolute Gasteiger partial charge is 0.131 e. The number of hydrogen-bond acceptors (Lipinski definition) is 2. The zero-order valence-electron chi connectivity index (χ0n) is 12.1. The molecule has 3 nitrogen and oxygen atoms in total. The highest BCUT2D eigenvalue weighted by Gasteiger charge is 2.25. The van der Waals surface area contributed by atoms with Crippen LogP contribution in [0, 0.1) is 0 Å². The molecule has 2 aromatic rings. The maximum absolute atomic E-state index is 6.37. The first-order valence-corrected chi connectivity index (χ1v) is 8.60. The van der Waals surface area contributed by atoms with E-state index in [-0.39, 0.29) is 0 Å². The minimum Gasteiger partial charge on any atom is -0.383 e. The summed E-state index contributed by atoms with van der Waals surface area (Å²) in [5, 5.41) is 0.695. The van der Waals surface area contributed by atoms with Crippen molar-refractivity contribution in [1.29, 1.82) is 0 Å². The average Bonchev–Trinajstić information content (AvgIpc) is 3.09. The molecule has 1 aliphatic carbocycles. The summed E-state index contributed by atoms with van der Waals surface area (Å²) < 4.78 is 3.12. The molecule has 0 radical (unpaired) electrons. The van der Waals surface area contributed by atoms with Crippen LogP contribution < -0.4 is 5.73 Å². The van der Waals surface area contributed by atoms with Gasteiger partial charge in [0.05, 0.1) is 0 Å². The Morgan fingerprint density at radius 3 is 2.76 bits per heavy atom. The molecule has 0 unspecified atom stereocenters. The Morgan fingerprint density at radius 1 is 1.38 bits per heavy atom. The number of hydrogen-bond donors (Lipinski definition) is 1. The topological polar surface area (TPSA) is 43.8 Å². The molecule has 21 heavy (non-hydrogen) atoms. The quantitative estimate of drug-likeness (QED) is 0.806. The van der Waals surface area contributed by atoms with E-state index >= 15 is 0 Å². The number of nitrogens with zero attached hydrogens (tertiary/aromatic N) is 2. The van der Waals surface area contributed by atoms with Crippen molar-refractivity contribution in [3.63, 3.8) is 0 Å². The second-order valence-corrected chi connectivity index (χ2v) is 6.84. The Kier molecular flexibility index (Phi) is 4.27. The summed E-state index contributed by atoms with van der Waals surface area (Å²) in [6.45, 7) is 2.97. The minimum atomic E-state index is 0.541. The fourth-order valence-corrected chi connectivity index (χ4v) is 3.80. The number of benzene rings is 1. The maximum Gasteiger partial charge on any atom is 0.131 e. The van der Waals surface area contributed by atoms with Crippen molar-refractivity contribution in [2.24, 2.45) is 0 Å². The third-order valence-electron chi connectivity index (χ3n) is 4.26. The summed E-state index contributed by atoms with van der Waals surface area (Å²) in [6.07, 6.45) is 5.01.